The lowest BCUT2D eigenvalue weighted by Gasteiger charge is -2.46. The number of nitrogens with zero attached hydrogens (tertiary/aromatic N) is 1. The first-order valence-electron chi connectivity index (χ1n) is 5.34. The molecule has 1 aliphatic heterocycles. The maximum atomic E-state index is 12.4. The summed E-state index contributed by atoms with van der Waals surface area (Å²) >= 11 is 0. The van der Waals surface area contributed by atoms with Gasteiger partial charge in [-0.05, 0) is 5.41 Å². The predicted octanol–water partition coefficient (Wildman–Crippen LogP) is 1.74. The van der Waals surface area contributed by atoms with Crippen molar-refractivity contribution in [2.45, 2.75) is 34.6 Å². The zero-order chi connectivity index (χ0) is 11.9. The molecule has 0 aromatic carbocycles. The van der Waals surface area contributed by atoms with Crippen LogP contribution in [0, 0.1) is 27.6 Å². The first kappa shape index (κ1) is 12.2. The van der Waals surface area contributed by atoms with Crippen LogP contribution in [0.2, 0.25) is 0 Å². The van der Waals surface area contributed by atoms with E-state index in [1.54, 1.807) is 0 Å². The van der Waals surface area contributed by atoms with Crippen molar-refractivity contribution >= 4 is 5.78 Å². The normalized spacial score (nSPS) is 31.1. The number of hydrogen-bond acceptors (Lipinski definition) is 3. The molecule has 0 spiro atoms. The average Bonchev–Trinajstić information content (AvgIpc) is 2.08. The molecule has 1 fully saturated rings. The summed E-state index contributed by atoms with van der Waals surface area (Å²) in [6.45, 7) is 10.8. The molecule has 3 nitrogen and oxygen atoms in total. The molecule has 1 heterocycles. The Morgan fingerprint density at radius 3 is 2.20 bits per heavy atom. The minimum absolute atomic E-state index is 0.0729. The Morgan fingerprint density at radius 1 is 1.33 bits per heavy atom. The highest BCUT2D eigenvalue weighted by atomic mass is 16.1. The van der Waals surface area contributed by atoms with E-state index in [9.17, 15) is 10.1 Å². The summed E-state index contributed by atoms with van der Waals surface area (Å²) in [7, 11) is 0. The van der Waals surface area contributed by atoms with Crippen molar-refractivity contribution in [1.29, 1.82) is 5.26 Å². The highest BCUT2D eigenvalue weighted by Crippen LogP contribution is 2.45. The number of ketones is 1. The third kappa shape index (κ3) is 1.68. The van der Waals surface area contributed by atoms with Crippen LogP contribution < -0.4 is 5.32 Å². The zero-order valence-corrected chi connectivity index (χ0v) is 10.3. The fraction of sp³-hybridized carbons (Fsp3) is 0.833. The SMILES string of the molecule is CC1(C)CNCC(C#N)(C(C)(C)C)C1=O. The number of Topliss-reactive ketones (excluding diaryl/α,β-unsaturated/α-hetero) is 1. The highest BCUT2D eigenvalue weighted by molar-refractivity contribution is 5.94. The van der Waals surface area contributed by atoms with Crippen molar-refractivity contribution in [3.05, 3.63) is 0 Å². The van der Waals surface area contributed by atoms with Gasteiger partial charge in [0.25, 0.3) is 0 Å². The van der Waals surface area contributed by atoms with Gasteiger partial charge in [0.15, 0.2) is 5.78 Å². The van der Waals surface area contributed by atoms with Gasteiger partial charge in [0.2, 0.25) is 0 Å². The number of nitriles is 1. The Labute approximate surface area is 91.9 Å². The van der Waals surface area contributed by atoms with Crippen molar-refractivity contribution in [3.63, 3.8) is 0 Å². The Morgan fingerprint density at radius 2 is 1.87 bits per heavy atom. The molecule has 1 unspecified atom stereocenters. The van der Waals surface area contributed by atoms with Gasteiger partial charge in [-0.2, -0.15) is 5.26 Å². The van der Waals surface area contributed by atoms with Crippen molar-refractivity contribution in [3.8, 4) is 6.07 Å². The topological polar surface area (TPSA) is 52.9 Å². The third-order valence-corrected chi connectivity index (χ3v) is 3.43. The second-order valence-corrected chi connectivity index (χ2v) is 6.08. The lowest BCUT2D eigenvalue weighted by molar-refractivity contribution is -0.142. The summed E-state index contributed by atoms with van der Waals surface area (Å²) in [6, 6.07) is 2.25. The van der Waals surface area contributed by atoms with E-state index in [2.05, 4.69) is 11.4 Å². The largest absolute Gasteiger partial charge is 0.314 e. The van der Waals surface area contributed by atoms with Crippen LogP contribution in [0.3, 0.4) is 0 Å². The Bertz CT molecular complexity index is 319. The minimum atomic E-state index is -0.894. The van der Waals surface area contributed by atoms with E-state index in [1.165, 1.54) is 0 Å². The summed E-state index contributed by atoms with van der Waals surface area (Å²) in [4.78, 5) is 12.4. The molecule has 1 rings (SSSR count). The number of carbonyl (C=O) groups is 1. The molecule has 3 heteroatoms. The molecule has 0 saturated carbocycles. The van der Waals surface area contributed by atoms with Gasteiger partial charge >= 0.3 is 0 Å². The number of carbonyl (C=O) groups excluding carboxylic acids is 1. The van der Waals surface area contributed by atoms with Gasteiger partial charge in [0, 0.05) is 18.5 Å². The van der Waals surface area contributed by atoms with Crippen LogP contribution in [-0.2, 0) is 4.79 Å². The fourth-order valence-corrected chi connectivity index (χ4v) is 2.16. The number of hydrogen-bond donors (Lipinski definition) is 1. The van der Waals surface area contributed by atoms with Crippen LogP contribution in [0.15, 0.2) is 0 Å². The van der Waals surface area contributed by atoms with Crippen LogP contribution >= 0.6 is 0 Å². The number of rotatable bonds is 0. The summed E-state index contributed by atoms with van der Waals surface area (Å²) in [5.41, 5.74) is -1.67. The van der Waals surface area contributed by atoms with Crippen LogP contribution in [0.25, 0.3) is 0 Å². The van der Waals surface area contributed by atoms with Gasteiger partial charge in [-0.15, -0.1) is 0 Å². The molecule has 1 saturated heterocycles. The molecule has 0 aromatic heterocycles. The molecule has 0 aromatic rings. The molecular weight excluding hydrogens is 188 g/mol. The van der Waals surface area contributed by atoms with E-state index in [0.717, 1.165) is 0 Å². The lowest BCUT2D eigenvalue weighted by Crippen LogP contribution is -2.60. The molecule has 0 aliphatic carbocycles. The molecule has 1 N–H and O–H groups in total. The molecule has 1 aliphatic rings. The predicted molar refractivity (Wildman–Crippen MR) is 59.2 cm³/mol. The maximum Gasteiger partial charge on any atom is 0.161 e. The fourth-order valence-electron chi connectivity index (χ4n) is 2.16. The van der Waals surface area contributed by atoms with Gasteiger partial charge in [0.05, 0.1) is 6.07 Å². The number of nitrogens with one attached hydrogen (secondary N) is 1. The summed E-state index contributed by atoms with van der Waals surface area (Å²) in [5.74, 6) is 0.0729. The number of piperidine rings is 1. The first-order valence-corrected chi connectivity index (χ1v) is 5.34. The molecular formula is C12H20N2O. The van der Waals surface area contributed by atoms with Gasteiger partial charge in [-0.25, -0.2) is 0 Å². The monoisotopic (exact) mass is 208 g/mol. The van der Waals surface area contributed by atoms with Crippen LogP contribution in [0.4, 0.5) is 0 Å². The summed E-state index contributed by atoms with van der Waals surface area (Å²) < 4.78 is 0. The summed E-state index contributed by atoms with van der Waals surface area (Å²) in [6.07, 6.45) is 0. The van der Waals surface area contributed by atoms with E-state index >= 15 is 0 Å². The zero-order valence-electron chi connectivity index (χ0n) is 10.3. The Hall–Kier alpha value is -0.880. The van der Waals surface area contributed by atoms with Gasteiger partial charge in [-0.3, -0.25) is 4.79 Å². The molecule has 1 atom stereocenters. The highest BCUT2D eigenvalue weighted by Gasteiger charge is 2.55. The van der Waals surface area contributed by atoms with E-state index in [-0.39, 0.29) is 11.2 Å². The molecule has 15 heavy (non-hydrogen) atoms. The third-order valence-electron chi connectivity index (χ3n) is 3.43. The van der Waals surface area contributed by atoms with Crippen molar-refractivity contribution in [2.75, 3.05) is 13.1 Å². The van der Waals surface area contributed by atoms with Crippen LogP contribution in [-0.4, -0.2) is 18.9 Å². The second-order valence-electron chi connectivity index (χ2n) is 6.08. The van der Waals surface area contributed by atoms with Gasteiger partial charge < -0.3 is 5.32 Å². The van der Waals surface area contributed by atoms with Crippen LogP contribution in [0.1, 0.15) is 34.6 Å². The van der Waals surface area contributed by atoms with E-state index < -0.39 is 10.8 Å². The quantitative estimate of drug-likeness (QED) is 0.659. The van der Waals surface area contributed by atoms with Crippen molar-refractivity contribution in [1.82, 2.24) is 5.32 Å². The van der Waals surface area contributed by atoms with Gasteiger partial charge in [0.1, 0.15) is 5.41 Å². The van der Waals surface area contributed by atoms with E-state index in [4.69, 9.17) is 0 Å². The Kier molecular flexibility index (Phi) is 2.69. The van der Waals surface area contributed by atoms with Gasteiger partial charge in [-0.1, -0.05) is 34.6 Å². The lowest BCUT2D eigenvalue weighted by atomic mass is 9.58. The maximum absolute atomic E-state index is 12.4. The van der Waals surface area contributed by atoms with Crippen molar-refractivity contribution < 1.29 is 4.79 Å². The minimum Gasteiger partial charge on any atom is -0.314 e. The molecule has 0 amide bonds. The average molecular weight is 208 g/mol. The Balaban J connectivity index is 3.23. The van der Waals surface area contributed by atoms with E-state index in [1.807, 2.05) is 34.6 Å². The first-order chi connectivity index (χ1) is 6.67. The standard InChI is InChI=1S/C12H20N2O/c1-10(2,3)12(6-13)8-14-7-11(4,5)9(12)15/h14H,7-8H2,1-5H3. The molecule has 0 bridgehead atoms. The van der Waals surface area contributed by atoms with Crippen molar-refractivity contribution in [2.24, 2.45) is 16.2 Å². The van der Waals surface area contributed by atoms with Crippen LogP contribution in [0.5, 0.6) is 0 Å². The van der Waals surface area contributed by atoms with E-state index in [0.29, 0.717) is 13.1 Å². The summed E-state index contributed by atoms with van der Waals surface area (Å²) in [5, 5.41) is 12.6. The second kappa shape index (κ2) is 3.31. The molecule has 84 valence electrons. The molecule has 0 radical (unpaired) electrons. The smallest absolute Gasteiger partial charge is 0.161 e.